The minimum Gasteiger partial charge on any atom is -0.437 e. The summed E-state index contributed by atoms with van der Waals surface area (Å²) in [6.45, 7) is 1.98. The van der Waals surface area contributed by atoms with Crippen molar-refractivity contribution in [1.82, 2.24) is 14.6 Å². The zero-order valence-corrected chi connectivity index (χ0v) is 9.87. The fourth-order valence-corrected chi connectivity index (χ4v) is 1.73. The number of ether oxygens (including phenoxy) is 1. The Hall–Kier alpha value is -2.56. The molecule has 2 aromatic heterocycles. The van der Waals surface area contributed by atoms with Crippen LogP contribution in [0.1, 0.15) is 5.56 Å². The summed E-state index contributed by atoms with van der Waals surface area (Å²) in [4.78, 5) is 4.32. The molecular weight excluding hydrogens is 228 g/mol. The number of anilines is 1. The molecule has 3 rings (SSSR count). The van der Waals surface area contributed by atoms with Crippen molar-refractivity contribution < 1.29 is 4.74 Å². The fraction of sp³-hybridized carbons (Fsp3) is 0.0769. The van der Waals surface area contributed by atoms with E-state index in [0.29, 0.717) is 17.3 Å². The topological polar surface area (TPSA) is 65.4 Å². The summed E-state index contributed by atoms with van der Waals surface area (Å²) in [6.07, 6.45) is 3.48. The monoisotopic (exact) mass is 240 g/mol. The van der Waals surface area contributed by atoms with Crippen LogP contribution in [0.2, 0.25) is 0 Å². The average Bonchev–Trinajstić information content (AvgIpc) is 2.80. The lowest BCUT2D eigenvalue weighted by atomic mass is 10.2. The molecule has 0 aliphatic heterocycles. The highest BCUT2D eigenvalue weighted by molar-refractivity contribution is 5.55. The maximum atomic E-state index is 5.89. The first-order chi connectivity index (χ1) is 8.72. The van der Waals surface area contributed by atoms with Crippen molar-refractivity contribution in [1.29, 1.82) is 0 Å². The molecule has 18 heavy (non-hydrogen) atoms. The third-order valence-corrected chi connectivity index (χ3v) is 2.61. The first kappa shape index (κ1) is 10.6. The third-order valence-electron chi connectivity index (χ3n) is 2.61. The lowest BCUT2D eigenvalue weighted by molar-refractivity contribution is 0.465. The van der Waals surface area contributed by atoms with E-state index in [0.717, 1.165) is 11.2 Å². The smallest absolute Gasteiger partial charge is 0.222 e. The van der Waals surface area contributed by atoms with Gasteiger partial charge in [-0.1, -0.05) is 6.07 Å². The summed E-state index contributed by atoms with van der Waals surface area (Å²) < 4.78 is 7.34. The zero-order chi connectivity index (χ0) is 12.5. The van der Waals surface area contributed by atoms with Crippen LogP contribution >= 0.6 is 0 Å². The highest BCUT2D eigenvalue weighted by atomic mass is 16.5. The van der Waals surface area contributed by atoms with E-state index < -0.39 is 0 Å². The van der Waals surface area contributed by atoms with Crippen molar-refractivity contribution in [2.24, 2.45) is 0 Å². The van der Waals surface area contributed by atoms with Gasteiger partial charge in [0.1, 0.15) is 0 Å². The molecule has 2 N–H and O–H groups in total. The lowest BCUT2D eigenvalue weighted by Gasteiger charge is -2.08. The van der Waals surface area contributed by atoms with Crippen LogP contribution in [0.3, 0.4) is 0 Å². The molecule has 2 heterocycles. The van der Waals surface area contributed by atoms with E-state index in [1.165, 1.54) is 0 Å². The van der Waals surface area contributed by atoms with Crippen molar-refractivity contribution in [2.45, 2.75) is 6.92 Å². The molecule has 5 heteroatoms. The molecule has 3 aromatic rings. The summed E-state index contributed by atoms with van der Waals surface area (Å²) in [6, 6.07) is 9.22. The molecular formula is C13H12N4O. The Bertz CT molecular complexity index is 705. The first-order valence-corrected chi connectivity index (χ1v) is 5.57. The molecule has 0 saturated carbocycles. The van der Waals surface area contributed by atoms with Crippen molar-refractivity contribution in [2.75, 3.05) is 5.73 Å². The molecule has 0 saturated heterocycles. The number of aromatic nitrogens is 3. The first-order valence-electron chi connectivity index (χ1n) is 5.57. The van der Waals surface area contributed by atoms with Gasteiger partial charge in [-0.25, -0.2) is 4.52 Å². The fourth-order valence-electron chi connectivity index (χ4n) is 1.73. The summed E-state index contributed by atoms with van der Waals surface area (Å²) in [5.74, 6) is 1.11. The van der Waals surface area contributed by atoms with Crippen LogP contribution in [0.5, 0.6) is 11.6 Å². The minimum atomic E-state index is 0.499. The number of aryl methyl sites for hydroxylation is 1. The Balaban J connectivity index is 1.95. The summed E-state index contributed by atoms with van der Waals surface area (Å²) in [5, 5.41) is 4.07. The number of hydrogen-bond acceptors (Lipinski definition) is 4. The lowest BCUT2D eigenvalue weighted by Crippen LogP contribution is -1.96. The van der Waals surface area contributed by atoms with Gasteiger partial charge in [0.25, 0.3) is 0 Å². The van der Waals surface area contributed by atoms with Gasteiger partial charge >= 0.3 is 0 Å². The van der Waals surface area contributed by atoms with Gasteiger partial charge in [-0.05, 0) is 24.6 Å². The Labute approximate surface area is 104 Å². The molecule has 0 amide bonds. The quantitative estimate of drug-likeness (QED) is 0.698. The second-order valence-corrected chi connectivity index (χ2v) is 4.04. The number of nitrogen functional groups attached to an aromatic ring is 1. The molecule has 0 aliphatic rings. The number of nitrogens with zero attached hydrogens (tertiary/aromatic N) is 3. The highest BCUT2D eigenvalue weighted by Gasteiger charge is 2.04. The van der Waals surface area contributed by atoms with Crippen LogP contribution in [-0.4, -0.2) is 14.6 Å². The molecule has 5 nitrogen and oxygen atoms in total. The van der Waals surface area contributed by atoms with Crippen LogP contribution in [0.15, 0.2) is 42.7 Å². The number of nitrogens with two attached hydrogens (primary N) is 1. The Morgan fingerprint density at radius 3 is 2.94 bits per heavy atom. The number of rotatable bonds is 2. The molecule has 0 bridgehead atoms. The predicted octanol–water partition coefficient (Wildman–Crippen LogP) is 2.41. The molecule has 0 spiro atoms. The van der Waals surface area contributed by atoms with Gasteiger partial charge in [-0.2, -0.15) is 10.1 Å². The van der Waals surface area contributed by atoms with E-state index in [2.05, 4.69) is 10.1 Å². The average molecular weight is 240 g/mol. The number of benzene rings is 1. The highest BCUT2D eigenvalue weighted by Crippen LogP contribution is 2.26. The van der Waals surface area contributed by atoms with Gasteiger partial charge in [0.05, 0.1) is 11.9 Å². The molecule has 1 aromatic carbocycles. The Kier molecular flexibility index (Phi) is 2.37. The van der Waals surface area contributed by atoms with Crippen LogP contribution < -0.4 is 10.5 Å². The van der Waals surface area contributed by atoms with Gasteiger partial charge in [-0.3, -0.25) is 0 Å². The van der Waals surface area contributed by atoms with Crippen LogP contribution in [0.25, 0.3) is 5.65 Å². The molecule has 0 aliphatic carbocycles. The van der Waals surface area contributed by atoms with Gasteiger partial charge in [-0.15, -0.1) is 0 Å². The molecule has 0 radical (unpaired) electrons. The van der Waals surface area contributed by atoms with Crippen LogP contribution in [0.4, 0.5) is 5.69 Å². The van der Waals surface area contributed by atoms with E-state index in [4.69, 9.17) is 10.5 Å². The van der Waals surface area contributed by atoms with Gasteiger partial charge in [0.2, 0.25) is 5.88 Å². The van der Waals surface area contributed by atoms with Crippen molar-refractivity contribution >= 4 is 11.3 Å². The molecule has 0 fully saturated rings. The zero-order valence-electron chi connectivity index (χ0n) is 9.87. The van der Waals surface area contributed by atoms with E-state index in [9.17, 15) is 0 Å². The Morgan fingerprint density at radius 1 is 1.22 bits per heavy atom. The number of fused-ring (bicyclic) bond motifs is 1. The van der Waals surface area contributed by atoms with Crippen molar-refractivity contribution in [3.05, 3.63) is 48.3 Å². The second kappa shape index (κ2) is 4.03. The van der Waals surface area contributed by atoms with Gasteiger partial charge in [0.15, 0.2) is 11.4 Å². The van der Waals surface area contributed by atoms with E-state index in [1.54, 1.807) is 23.0 Å². The largest absolute Gasteiger partial charge is 0.437 e. The molecule has 0 atom stereocenters. The summed E-state index contributed by atoms with van der Waals surface area (Å²) >= 11 is 0. The van der Waals surface area contributed by atoms with Crippen LogP contribution in [0, 0.1) is 6.92 Å². The predicted molar refractivity (Wildman–Crippen MR) is 68.7 cm³/mol. The van der Waals surface area contributed by atoms with Gasteiger partial charge < -0.3 is 10.5 Å². The molecule has 90 valence electrons. The second-order valence-electron chi connectivity index (χ2n) is 4.04. The van der Waals surface area contributed by atoms with Crippen molar-refractivity contribution in [3.8, 4) is 11.6 Å². The maximum Gasteiger partial charge on any atom is 0.222 e. The Morgan fingerprint density at radius 2 is 2.11 bits per heavy atom. The normalized spacial score (nSPS) is 10.7. The SMILES string of the molecule is Cc1ccc(Oc2ccn3nccc3n2)c(N)c1. The summed E-state index contributed by atoms with van der Waals surface area (Å²) in [5.41, 5.74) is 8.32. The third kappa shape index (κ3) is 1.86. The van der Waals surface area contributed by atoms with E-state index >= 15 is 0 Å². The summed E-state index contributed by atoms with van der Waals surface area (Å²) in [7, 11) is 0. The maximum absolute atomic E-state index is 5.89. The van der Waals surface area contributed by atoms with Crippen LogP contribution in [-0.2, 0) is 0 Å². The van der Waals surface area contributed by atoms with Crippen molar-refractivity contribution in [3.63, 3.8) is 0 Å². The van der Waals surface area contributed by atoms with Gasteiger partial charge in [0, 0.05) is 18.3 Å². The standard InChI is InChI=1S/C13H12N4O/c1-9-2-3-11(10(14)8-9)18-13-5-7-17-12(16-13)4-6-15-17/h2-8H,14H2,1H3. The number of hydrogen-bond donors (Lipinski definition) is 1. The van der Waals surface area contributed by atoms with E-state index in [1.807, 2.05) is 31.2 Å². The van der Waals surface area contributed by atoms with E-state index in [-0.39, 0.29) is 0 Å². The molecule has 0 unspecified atom stereocenters. The minimum absolute atomic E-state index is 0.499.